The van der Waals surface area contributed by atoms with Crippen molar-refractivity contribution in [2.45, 2.75) is 19.6 Å². The number of rotatable bonds is 5. The highest BCUT2D eigenvalue weighted by atomic mass is 35.5. The third kappa shape index (κ3) is 3.69. The number of nitrogens with zero attached hydrogens (tertiary/aromatic N) is 1. The largest absolute Gasteiger partial charge is 0.473 e. The Morgan fingerprint density at radius 2 is 2.11 bits per heavy atom. The van der Waals surface area contributed by atoms with Gasteiger partial charge in [-0.25, -0.2) is 4.98 Å². The molecule has 4 heteroatoms. The summed E-state index contributed by atoms with van der Waals surface area (Å²) in [6, 6.07) is 11.8. The Labute approximate surface area is 118 Å². The van der Waals surface area contributed by atoms with Crippen LogP contribution in [0.5, 0.6) is 5.88 Å². The number of pyridine rings is 1. The summed E-state index contributed by atoms with van der Waals surface area (Å²) in [6.45, 7) is 2.51. The number of aromatic nitrogens is 1. The van der Waals surface area contributed by atoms with Gasteiger partial charge < -0.3 is 10.1 Å². The zero-order chi connectivity index (χ0) is 13.7. The first-order valence-electron chi connectivity index (χ1n) is 6.20. The van der Waals surface area contributed by atoms with Crippen LogP contribution in [0.2, 0.25) is 5.02 Å². The number of benzene rings is 1. The number of halogens is 1. The Hall–Kier alpha value is -1.58. The average Bonchev–Trinajstić information content (AvgIpc) is 2.46. The first kappa shape index (κ1) is 13.8. The van der Waals surface area contributed by atoms with Crippen molar-refractivity contribution >= 4 is 11.6 Å². The molecule has 1 atom stereocenters. The molecular weight excluding hydrogens is 260 g/mol. The minimum atomic E-state index is 0.269. The van der Waals surface area contributed by atoms with Crippen LogP contribution in [0.3, 0.4) is 0 Å². The molecule has 0 fully saturated rings. The highest BCUT2D eigenvalue weighted by molar-refractivity contribution is 6.31. The van der Waals surface area contributed by atoms with Gasteiger partial charge in [-0.15, -0.1) is 0 Å². The van der Waals surface area contributed by atoms with Gasteiger partial charge in [0.2, 0.25) is 5.88 Å². The Kier molecular flexibility index (Phi) is 4.77. The molecule has 3 nitrogen and oxygen atoms in total. The summed E-state index contributed by atoms with van der Waals surface area (Å²) in [6.07, 6.45) is 1.76. The van der Waals surface area contributed by atoms with E-state index in [2.05, 4.69) is 17.2 Å². The molecule has 0 radical (unpaired) electrons. The van der Waals surface area contributed by atoms with Crippen LogP contribution in [0.15, 0.2) is 42.6 Å². The first-order chi connectivity index (χ1) is 9.20. The zero-order valence-corrected chi connectivity index (χ0v) is 11.8. The van der Waals surface area contributed by atoms with E-state index in [1.165, 1.54) is 0 Å². The molecule has 2 rings (SSSR count). The molecule has 0 spiro atoms. The van der Waals surface area contributed by atoms with Crippen molar-refractivity contribution in [2.75, 3.05) is 7.05 Å². The van der Waals surface area contributed by atoms with E-state index in [-0.39, 0.29) is 6.04 Å². The van der Waals surface area contributed by atoms with Crippen molar-refractivity contribution in [2.24, 2.45) is 0 Å². The lowest BCUT2D eigenvalue weighted by Gasteiger charge is -2.12. The molecule has 0 saturated carbocycles. The van der Waals surface area contributed by atoms with Gasteiger partial charge in [0, 0.05) is 28.9 Å². The molecule has 0 saturated heterocycles. The predicted molar refractivity (Wildman–Crippen MR) is 77.5 cm³/mol. The maximum atomic E-state index is 6.08. The molecule has 1 unspecified atom stereocenters. The third-order valence-corrected chi connectivity index (χ3v) is 3.39. The maximum Gasteiger partial charge on any atom is 0.213 e. The fraction of sp³-hybridized carbons (Fsp3) is 0.267. The quantitative estimate of drug-likeness (QED) is 0.906. The molecule has 0 aliphatic carbocycles. The second kappa shape index (κ2) is 6.55. The lowest BCUT2D eigenvalue weighted by molar-refractivity contribution is 0.293. The molecule has 0 amide bonds. The summed E-state index contributed by atoms with van der Waals surface area (Å²) in [4.78, 5) is 4.21. The van der Waals surface area contributed by atoms with E-state index in [1.54, 1.807) is 6.20 Å². The van der Waals surface area contributed by atoms with Crippen molar-refractivity contribution in [3.63, 3.8) is 0 Å². The summed E-state index contributed by atoms with van der Waals surface area (Å²) >= 11 is 6.08. The molecule has 1 aromatic heterocycles. The van der Waals surface area contributed by atoms with E-state index in [1.807, 2.05) is 43.4 Å². The summed E-state index contributed by atoms with van der Waals surface area (Å²) < 4.78 is 5.68. The SMILES string of the molecule is CNC(C)c1ccnc(OCc2ccccc2Cl)c1. The molecule has 0 aliphatic rings. The van der Waals surface area contributed by atoms with E-state index in [4.69, 9.17) is 16.3 Å². The molecule has 2 aromatic rings. The summed E-state index contributed by atoms with van der Waals surface area (Å²) in [7, 11) is 1.93. The van der Waals surface area contributed by atoms with Crippen LogP contribution >= 0.6 is 11.6 Å². The smallest absolute Gasteiger partial charge is 0.213 e. The molecule has 1 N–H and O–H groups in total. The van der Waals surface area contributed by atoms with Crippen LogP contribution in [-0.4, -0.2) is 12.0 Å². The van der Waals surface area contributed by atoms with Crippen LogP contribution < -0.4 is 10.1 Å². The van der Waals surface area contributed by atoms with Gasteiger partial charge in [0.05, 0.1) is 0 Å². The van der Waals surface area contributed by atoms with E-state index < -0.39 is 0 Å². The highest BCUT2D eigenvalue weighted by Crippen LogP contribution is 2.19. The molecule has 0 bridgehead atoms. The van der Waals surface area contributed by atoms with Gasteiger partial charge in [-0.1, -0.05) is 29.8 Å². The van der Waals surface area contributed by atoms with Crippen LogP contribution in [0, 0.1) is 0 Å². The van der Waals surface area contributed by atoms with E-state index >= 15 is 0 Å². The number of hydrogen-bond donors (Lipinski definition) is 1. The average molecular weight is 277 g/mol. The van der Waals surface area contributed by atoms with Gasteiger partial charge in [0.15, 0.2) is 0 Å². The van der Waals surface area contributed by atoms with Crippen LogP contribution in [0.1, 0.15) is 24.1 Å². The zero-order valence-electron chi connectivity index (χ0n) is 11.1. The number of hydrogen-bond acceptors (Lipinski definition) is 3. The Balaban J connectivity index is 2.06. The van der Waals surface area contributed by atoms with Crippen LogP contribution in [0.25, 0.3) is 0 Å². The van der Waals surface area contributed by atoms with Gasteiger partial charge in [0.1, 0.15) is 6.61 Å². The predicted octanol–water partition coefficient (Wildman–Crippen LogP) is 3.59. The first-order valence-corrected chi connectivity index (χ1v) is 6.58. The second-order valence-electron chi connectivity index (χ2n) is 4.32. The minimum Gasteiger partial charge on any atom is -0.473 e. The number of nitrogens with one attached hydrogen (secondary N) is 1. The van der Waals surface area contributed by atoms with E-state index in [9.17, 15) is 0 Å². The van der Waals surface area contributed by atoms with Crippen molar-refractivity contribution in [1.29, 1.82) is 0 Å². The lowest BCUT2D eigenvalue weighted by atomic mass is 10.1. The minimum absolute atomic E-state index is 0.269. The molecule has 19 heavy (non-hydrogen) atoms. The maximum absolute atomic E-state index is 6.08. The van der Waals surface area contributed by atoms with E-state index in [0.717, 1.165) is 11.1 Å². The molecule has 0 aliphatic heterocycles. The van der Waals surface area contributed by atoms with Crippen LogP contribution in [-0.2, 0) is 6.61 Å². The molecule has 1 aromatic carbocycles. The molecule has 100 valence electrons. The topological polar surface area (TPSA) is 34.2 Å². The van der Waals surface area contributed by atoms with Crippen LogP contribution in [0.4, 0.5) is 0 Å². The fourth-order valence-corrected chi connectivity index (χ4v) is 1.90. The highest BCUT2D eigenvalue weighted by Gasteiger charge is 2.05. The van der Waals surface area contributed by atoms with Gasteiger partial charge in [-0.3, -0.25) is 0 Å². The normalized spacial score (nSPS) is 12.2. The summed E-state index contributed by atoms with van der Waals surface area (Å²) in [5.41, 5.74) is 2.10. The van der Waals surface area contributed by atoms with Gasteiger partial charge in [-0.2, -0.15) is 0 Å². The Morgan fingerprint density at radius 1 is 1.32 bits per heavy atom. The summed E-state index contributed by atoms with van der Waals surface area (Å²) in [5, 5.41) is 3.90. The van der Waals surface area contributed by atoms with Crippen molar-refractivity contribution < 1.29 is 4.74 Å². The lowest BCUT2D eigenvalue weighted by Crippen LogP contribution is -2.12. The Morgan fingerprint density at radius 3 is 2.84 bits per heavy atom. The standard InChI is InChI=1S/C15H17ClN2O/c1-11(17-2)12-7-8-18-15(9-12)19-10-13-5-3-4-6-14(13)16/h3-9,11,17H,10H2,1-2H3. The second-order valence-corrected chi connectivity index (χ2v) is 4.73. The van der Waals surface area contributed by atoms with Gasteiger partial charge in [0.25, 0.3) is 0 Å². The van der Waals surface area contributed by atoms with Crippen molar-refractivity contribution in [3.8, 4) is 5.88 Å². The van der Waals surface area contributed by atoms with E-state index in [0.29, 0.717) is 17.5 Å². The Bertz CT molecular complexity index is 545. The third-order valence-electron chi connectivity index (χ3n) is 3.03. The molecule has 1 heterocycles. The monoisotopic (exact) mass is 276 g/mol. The van der Waals surface area contributed by atoms with Gasteiger partial charge >= 0.3 is 0 Å². The van der Waals surface area contributed by atoms with Crippen molar-refractivity contribution in [3.05, 3.63) is 58.7 Å². The fourth-order valence-electron chi connectivity index (χ4n) is 1.71. The van der Waals surface area contributed by atoms with Gasteiger partial charge in [-0.05, 0) is 31.7 Å². The molecular formula is C15H17ClN2O. The number of ether oxygens (including phenoxy) is 1. The van der Waals surface area contributed by atoms with Crippen molar-refractivity contribution in [1.82, 2.24) is 10.3 Å². The summed E-state index contributed by atoms with van der Waals surface area (Å²) in [5.74, 6) is 0.611.